The fourth-order valence-corrected chi connectivity index (χ4v) is 1.54. The van der Waals surface area contributed by atoms with Gasteiger partial charge in [0.05, 0.1) is 11.3 Å². The van der Waals surface area contributed by atoms with E-state index in [1.54, 1.807) is 13.8 Å². The highest BCUT2D eigenvalue weighted by Gasteiger charge is 2.18. The molecule has 2 rings (SSSR count). The SMILES string of the molecule is Cc1ccc(F)c(-c2[nH]nc(N)c2C)c1F. The molecule has 1 aromatic carbocycles. The van der Waals surface area contributed by atoms with Crippen molar-refractivity contribution in [3.63, 3.8) is 0 Å². The van der Waals surface area contributed by atoms with Gasteiger partial charge in [-0.05, 0) is 25.5 Å². The van der Waals surface area contributed by atoms with Crippen molar-refractivity contribution in [2.75, 3.05) is 5.73 Å². The maximum absolute atomic E-state index is 13.8. The number of anilines is 1. The standard InChI is InChI=1S/C11H11F2N3/c1-5-3-4-7(12)8(9(5)13)10-6(2)11(14)16-15-10/h3-4H,1-2H3,(H3,14,15,16). The number of benzene rings is 1. The monoisotopic (exact) mass is 223 g/mol. The predicted octanol–water partition coefficient (Wildman–Crippen LogP) is 2.55. The first-order valence-corrected chi connectivity index (χ1v) is 4.77. The minimum absolute atomic E-state index is 0.110. The first kappa shape index (κ1) is 10.6. The van der Waals surface area contributed by atoms with E-state index in [2.05, 4.69) is 10.2 Å². The molecule has 84 valence electrons. The Bertz CT molecular complexity index is 546. The molecule has 0 atom stereocenters. The second-order valence-electron chi connectivity index (χ2n) is 3.66. The highest BCUT2D eigenvalue weighted by atomic mass is 19.1. The first-order chi connectivity index (χ1) is 7.52. The molecule has 0 bridgehead atoms. The summed E-state index contributed by atoms with van der Waals surface area (Å²) in [6.45, 7) is 3.24. The molecule has 0 aliphatic rings. The minimum atomic E-state index is -0.630. The summed E-state index contributed by atoms with van der Waals surface area (Å²) in [5.74, 6) is -0.975. The Morgan fingerprint density at radius 2 is 1.94 bits per heavy atom. The summed E-state index contributed by atoms with van der Waals surface area (Å²) in [6, 6.07) is 2.62. The summed E-state index contributed by atoms with van der Waals surface area (Å²) < 4.78 is 27.4. The molecule has 0 aliphatic heterocycles. The van der Waals surface area contributed by atoms with Gasteiger partial charge in [-0.1, -0.05) is 6.07 Å². The van der Waals surface area contributed by atoms with Gasteiger partial charge in [0.15, 0.2) is 0 Å². The van der Waals surface area contributed by atoms with Crippen molar-refractivity contribution in [1.29, 1.82) is 0 Å². The van der Waals surface area contributed by atoms with E-state index in [0.29, 0.717) is 11.1 Å². The zero-order valence-electron chi connectivity index (χ0n) is 8.94. The van der Waals surface area contributed by atoms with Gasteiger partial charge in [-0.3, -0.25) is 5.10 Å². The highest BCUT2D eigenvalue weighted by Crippen LogP contribution is 2.30. The van der Waals surface area contributed by atoms with Crippen LogP contribution < -0.4 is 5.73 Å². The molecule has 0 radical (unpaired) electrons. The number of aromatic amines is 1. The number of hydrogen-bond acceptors (Lipinski definition) is 2. The van der Waals surface area contributed by atoms with Crippen molar-refractivity contribution in [3.8, 4) is 11.3 Å². The number of hydrogen-bond donors (Lipinski definition) is 2. The average molecular weight is 223 g/mol. The predicted molar refractivity (Wildman–Crippen MR) is 57.8 cm³/mol. The molecule has 0 unspecified atom stereocenters. The van der Waals surface area contributed by atoms with Crippen LogP contribution in [0.1, 0.15) is 11.1 Å². The van der Waals surface area contributed by atoms with Gasteiger partial charge >= 0.3 is 0 Å². The maximum atomic E-state index is 13.8. The molecule has 1 heterocycles. The number of halogens is 2. The first-order valence-electron chi connectivity index (χ1n) is 4.77. The Labute approximate surface area is 91.3 Å². The van der Waals surface area contributed by atoms with Gasteiger partial charge in [0.1, 0.15) is 17.5 Å². The normalized spacial score (nSPS) is 10.8. The van der Waals surface area contributed by atoms with Gasteiger partial charge in [0.2, 0.25) is 0 Å². The zero-order chi connectivity index (χ0) is 11.9. The van der Waals surface area contributed by atoms with Gasteiger partial charge in [0.25, 0.3) is 0 Å². The molecule has 3 nitrogen and oxygen atoms in total. The topological polar surface area (TPSA) is 54.7 Å². The Morgan fingerprint density at radius 3 is 2.50 bits per heavy atom. The number of nitrogens with two attached hydrogens (primary N) is 1. The molecule has 2 aromatic rings. The van der Waals surface area contributed by atoms with E-state index in [-0.39, 0.29) is 17.1 Å². The molecule has 0 spiro atoms. The number of nitrogens with one attached hydrogen (secondary N) is 1. The van der Waals surface area contributed by atoms with E-state index < -0.39 is 11.6 Å². The molecular formula is C11H11F2N3. The van der Waals surface area contributed by atoms with Crippen LogP contribution in [0.3, 0.4) is 0 Å². The van der Waals surface area contributed by atoms with Crippen molar-refractivity contribution in [2.45, 2.75) is 13.8 Å². The van der Waals surface area contributed by atoms with Crippen LogP contribution in [0.5, 0.6) is 0 Å². The molecule has 0 fully saturated rings. The Hall–Kier alpha value is -1.91. The summed E-state index contributed by atoms with van der Waals surface area (Å²) in [5.41, 5.74) is 6.63. The van der Waals surface area contributed by atoms with Crippen molar-refractivity contribution in [3.05, 3.63) is 34.9 Å². The number of aryl methyl sites for hydroxylation is 1. The third-order valence-electron chi connectivity index (χ3n) is 2.58. The Morgan fingerprint density at radius 1 is 1.25 bits per heavy atom. The summed E-state index contributed by atoms with van der Waals surface area (Å²) >= 11 is 0. The largest absolute Gasteiger partial charge is 0.382 e. The highest BCUT2D eigenvalue weighted by molar-refractivity contribution is 5.69. The summed E-state index contributed by atoms with van der Waals surface area (Å²) in [5, 5.41) is 6.27. The maximum Gasteiger partial charge on any atom is 0.148 e. The van der Waals surface area contributed by atoms with E-state index in [1.165, 1.54) is 12.1 Å². The van der Waals surface area contributed by atoms with Gasteiger partial charge in [-0.2, -0.15) is 5.10 Å². The van der Waals surface area contributed by atoms with Gasteiger partial charge in [-0.25, -0.2) is 8.78 Å². The Balaban J connectivity index is 2.73. The molecule has 16 heavy (non-hydrogen) atoms. The molecule has 0 saturated heterocycles. The second-order valence-corrected chi connectivity index (χ2v) is 3.66. The van der Waals surface area contributed by atoms with Crippen LogP contribution >= 0.6 is 0 Å². The van der Waals surface area contributed by atoms with Crippen LogP contribution in [0.4, 0.5) is 14.6 Å². The Kier molecular flexibility index (Phi) is 2.38. The van der Waals surface area contributed by atoms with Gasteiger partial charge in [-0.15, -0.1) is 0 Å². The molecule has 3 N–H and O–H groups in total. The van der Waals surface area contributed by atoms with E-state index in [0.717, 1.165) is 0 Å². The van der Waals surface area contributed by atoms with Crippen molar-refractivity contribution in [2.24, 2.45) is 0 Å². The number of nitrogen functional groups attached to an aromatic ring is 1. The van der Waals surface area contributed by atoms with Crippen LogP contribution in [-0.4, -0.2) is 10.2 Å². The van der Waals surface area contributed by atoms with Crippen molar-refractivity contribution >= 4 is 5.82 Å². The lowest BCUT2D eigenvalue weighted by Crippen LogP contribution is -1.95. The molecule has 0 amide bonds. The average Bonchev–Trinajstić information content (AvgIpc) is 2.56. The number of nitrogens with zero attached hydrogens (tertiary/aromatic N) is 1. The second kappa shape index (κ2) is 3.59. The van der Waals surface area contributed by atoms with E-state index in [4.69, 9.17) is 5.73 Å². The zero-order valence-corrected chi connectivity index (χ0v) is 8.94. The molecule has 0 saturated carbocycles. The fraction of sp³-hybridized carbons (Fsp3) is 0.182. The summed E-state index contributed by atoms with van der Waals surface area (Å²) in [7, 11) is 0. The molecule has 5 heteroatoms. The van der Waals surface area contributed by atoms with Crippen LogP contribution in [0.25, 0.3) is 11.3 Å². The fourth-order valence-electron chi connectivity index (χ4n) is 1.54. The van der Waals surface area contributed by atoms with E-state index >= 15 is 0 Å². The van der Waals surface area contributed by atoms with Crippen molar-refractivity contribution in [1.82, 2.24) is 10.2 Å². The van der Waals surface area contributed by atoms with Gasteiger partial charge < -0.3 is 5.73 Å². The molecule has 1 aromatic heterocycles. The van der Waals surface area contributed by atoms with Crippen LogP contribution in [0.15, 0.2) is 12.1 Å². The quantitative estimate of drug-likeness (QED) is 0.780. The van der Waals surface area contributed by atoms with E-state index in [9.17, 15) is 8.78 Å². The number of rotatable bonds is 1. The summed E-state index contributed by atoms with van der Waals surface area (Å²) in [4.78, 5) is 0. The van der Waals surface area contributed by atoms with E-state index in [1.807, 2.05) is 0 Å². The lowest BCUT2D eigenvalue weighted by molar-refractivity contribution is 0.582. The van der Waals surface area contributed by atoms with Crippen molar-refractivity contribution < 1.29 is 8.78 Å². The summed E-state index contributed by atoms with van der Waals surface area (Å²) in [6.07, 6.45) is 0. The number of aromatic nitrogens is 2. The van der Waals surface area contributed by atoms with Crippen LogP contribution in [-0.2, 0) is 0 Å². The van der Waals surface area contributed by atoms with Gasteiger partial charge in [0, 0.05) is 5.56 Å². The lowest BCUT2D eigenvalue weighted by atomic mass is 10.0. The molecule has 0 aliphatic carbocycles. The van der Waals surface area contributed by atoms with Crippen LogP contribution in [0.2, 0.25) is 0 Å². The smallest absolute Gasteiger partial charge is 0.148 e. The lowest BCUT2D eigenvalue weighted by Gasteiger charge is -2.06. The molecular weight excluding hydrogens is 212 g/mol. The minimum Gasteiger partial charge on any atom is -0.382 e. The third-order valence-corrected chi connectivity index (χ3v) is 2.58. The van der Waals surface area contributed by atoms with Crippen LogP contribution in [0, 0.1) is 25.5 Å². The number of H-pyrrole nitrogens is 1. The third kappa shape index (κ3) is 1.44.